The Hall–Kier alpha value is -4.13. The minimum atomic E-state index is -0.360. The molecule has 1 fully saturated rings. The highest BCUT2D eigenvalue weighted by atomic mass is 16.5. The summed E-state index contributed by atoms with van der Waals surface area (Å²) in [5.41, 5.74) is 2.91. The zero-order chi connectivity index (χ0) is 25.6. The molecule has 0 aliphatic carbocycles. The molecule has 2 heterocycles. The molecule has 1 atom stereocenters. The molecule has 37 heavy (non-hydrogen) atoms. The van der Waals surface area contributed by atoms with E-state index in [1.807, 2.05) is 101 Å². The maximum atomic E-state index is 13.4. The highest BCUT2D eigenvalue weighted by Gasteiger charge is 2.30. The third-order valence-electron chi connectivity index (χ3n) is 7.05. The highest BCUT2D eigenvalue weighted by Crippen LogP contribution is 2.27. The molecule has 1 aliphatic heterocycles. The average Bonchev–Trinajstić information content (AvgIpc) is 3.28. The van der Waals surface area contributed by atoms with E-state index in [1.165, 1.54) is 0 Å². The number of aromatic nitrogens is 2. The van der Waals surface area contributed by atoms with Crippen molar-refractivity contribution in [2.24, 2.45) is 13.0 Å². The first-order chi connectivity index (χ1) is 18.1. The molecule has 1 saturated heterocycles. The predicted octanol–water partition coefficient (Wildman–Crippen LogP) is 4.49. The minimum Gasteiger partial charge on any atom is -0.493 e. The molecule has 1 unspecified atom stereocenters. The maximum Gasteiger partial charge on any atom is 0.225 e. The number of amides is 2. The number of fused-ring (bicyclic) bond motifs is 1. The van der Waals surface area contributed by atoms with Gasteiger partial charge in [0.25, 0.3) is 0 Å². The molecule has 0 saturated carbocycles. The molecule has 3 aromatic carbocycles. The van der Waals surface area contributed by atoms with E-state index in [0.29, 0.717) is 39.0 Å². The molecule has 0 bridgehead atoms. The van der Waals surface area contributed by atoms with Crippen molar-refractivity contribution >= 4 is 22.8 Å². The van der Waals surface area contributed by atoms with Crippen LogP contribution in [0.2, 0.25) is 0 Å². The van der Waals surface area contributed by atoms with E-state index < -0.39 is 0 Å². The molecular weight excluding hydrogens is 464 g/mol. The van der Waals surface area contributed by atoms with Crippen LogP contribution in [-0.2, 0) is 16.6 Å². The number of nitrogens with one attached hydrogen (secondary N) is 1. The van der Waals surface area contributed by atoms with E-state index in [2.05, 4.69) is 5.32 Å². The van der Waals surface area contributed by atoms with Gasteiger partial charge in [0.1, 0.15) is 17.6 Å². The number of ether oxygens (including phenoxy) is 1. The van der Waals surface area contributed by atoms with Crippen molar-refractivity contribution in [2.45, 2.75) is 25.3 Å². The summed E-state index contributed by atoms with van der Waals surface area (Å²) >= 11 is 0. The number of carbonyl (C=O) groups excluding carboxylic acids is 2. The van der Waals surface area contributed by atoms with E-state index in [0.717, 1.165) is 28.2 Å². The lowest BCUT2D eigenvalue weighted by molar-refractivity contribution is -0.136. The monoisotopic (exact) mass is 496 g/mol. The second kappa shape index (κ2) is 11.3. The van der Waals surface area contributed by atoms with Crippen molar-refractivity contribution in [3.8, 4) is 5.75 Å². The molecule has 0 spiro atoms. The van der Waals surface area contributed by atoms with Crippen molar-refractivity contribution < 1.29 is 14.3 Å². The first-order valence-corrected chi connectivity index (χ1v) is 12.8. The lowest BCUT2D eigenvalue weighted by atomic mass is 9.94. The number of hydrogen-bond acceptors (Lipinski definition) is 4. The van der Waals surface area contributed by atoms with Crippen molar-refractivity contribution in [3.05, 3.63) is 96.3 Å². The summed E-state index contributed by atoms with van der Waals surface area (Å²) in [6.07, 6.45) is 1.61. The molecule has 1 N–H and O–H groups in total. The zero-order valence-corrected chi connectivity index (χ0v) is 21.0. The van der Waals surface area contributed by atoms with Gasteiger partial charge in [-0.15, -0.1) is 0 Å². The summed E-state index contributed by atoms with van der Waals surface area (Å²) in [5, 5.41) is 3.27. The Kier molecular flexibility index (Phi) is 7.49. The molecule has 0 radical (unpaired) electrons. The summed E-state index contributed by atoms with van der Waals surface area (Å²) in [7, 11) is 1.98. The van der Waals surface area contributed by atoms with Crippen molar-refractivity contribution in [3.63, 3.8) is 0 Å². The lowest BCUT2D eigenvalue weighted by Gasteiger charge is -2.32. The van der Waals surface area contributed by atoms with Crippen LogP contribution in [0.25, 0.3) is 11.0 Å². The average molecular weight is 497 g/mol. The fraction of sp³-hybridized carbons (Fsp3) is 0.300. The number of carbonyl (C=O) groups is 2. The predicted molar refractivity (Wildman–Crippen MR) is 143 cm³/mol. The van der Waals surface area contributed by atoms with Gasteiger partial charge in [-0.05, 0) is 42.7 Å². The highest BCUT2D eigenvalue weighted by molar-refractivity contribution is 5.81. The number of imidazole rings is 1. The number of rotatable bonds is 8. The van der Waals surface area contributed by atoms with Gasteiger partial charge < -0.3 is 19.5 Å². The normalized spacial score (nSPS) is 14.9. The van der Waals surface area contributed by atoms with Gasteiger partial charge in [0.15, 0.2) is 0 Å². The number of nitrogens with zero attached hydrogens (tertiary/aromatic N) is 3. The Balaban J connectivity index is 1.21. The van der Waals surface area contributed by atoms with Crippen LogP contribution in [0.4, 0.5) is 0 Å². The Morgan fingerprint density at radius 3 is 2.30 bits per heavy atom. The fourth-order valence-corrected chi connectivity index (χ4v) is 4.95. The summed E-state index contributed by atoms with van der Waals surface area (Å²) in [4.78, 5) is 32.8. The molecule has 1 aliphatic rings. The quantitative estimate of drug-likeness (QED) is 0.390. The number of aryl methyl sites for hydroxylation is 1. The van der Waals surface area contributed by atoms with Crippen LogP contribution in [-0.4, -0.2) is 46.0 Å². The van der Waals surface area contributed by atoms with Crippen LogP contribution in [0.1, 0.15) is 36.7 Å². The van der Waals surface area contributed by atoms with Crippen LogP contribution >= 0.6 is 0 Å². The largest absolute Gasteiger partial charge is 0.493 e. The number of likely N-dealkylation sites (tertiary alicyclic amines) is 1. The smallest absolute Gasteiger partial charge is 0.225 e. The maximum absolute atomic E-state index is 13.4. The topological polar surface area (TPSA) is 76.5 Å². The lowest BCUT2D eigenvalue weighted by Crippen LogP contribution is -2.44. The van der Waals surface area contributed by atoms with Crippen LogP contribution in [0, 0.1) is 5.92 Å². The zero-order valence-electron chi connectivity index (χ0n) is 21.0. The van der Waals surface area contributed by atoms with Gasteiger partial charge in [-0.2, -0.15) is 0 Å². The van der Waals surface area contributed by atoms with E-state index >= 15 is 0 Å². The van der Waals surface area contributed by atoms with Gasteiger partial charge in [-0.25, -0.2) is 4.98 Å². The summed E-state index contributed by atoms with van der Waals surface area (Å²) < 4.78 is 7.71. The number of hydrogen-bond donors (Lipinski definition) is 1. The first kappa shape index (κ1) is 24.6. The van der Waals surface area contributed by atoms with E-state index in [9.17, 15) is 9.59 Å². The van der Waals surface area contributed by atoms with Crippen molar-refractivity contribution in [1.29, 1.82) is 0 Å². The second-order valence-corrected chi connectivity index (χ2v) is 9.44. The van der Waals surface area contributed by atoms with Gasteiger partial charge in [0.05, 0.1) is 24.1 Å². The molecule has 5 rings (SSSR count). The minimum absolute atomic E-state index is 0.000388. The van der Waals surface area contributed by atoms with Crippen molar-refractivity contribution in [1.82, 2.24) is 19.8 Å². The van der Waals surface area contributed by atoms with Gasteiger partial charge in [0, 0.05) is 26.1 Å². The van der Waals surface area contributed by atoms with Gasteiger partial charge in [0.2, 0.25) is 11.8 Å². The Labute approximate surface area is 217 Å². The van der Waals surface area contributed by atoms with Crippen LogP contribution in [0.3, 0.4) is 0 Å². The molecule has 1 aromatic heterocycles. The third-order valence-corrected chi connectivity index (χ3v) is 7.05. The molecule has 7 nitrogen and oxygen atoms in total. The second-order valence-electron chi connectivity index (χ2n) is 9.44. The summed E-state index contributed by atoms with van der Waals surface area (Å²) in [6, 6.07) is 27.1. The fourth-order valence-electron chi connectivity index (χ4n) is 4.95. The SMILES string of the molecule is Cn1c(C(NC(=O)C2CCN(C(=O)CCOc3ccccc3)CC2)c2ccccc2)nc2ccccc21. The number of piperidine rings is 1. The molecular formula is C30H32N4O3. The van der Waals surface area contributed by atoms with E-state index in [1.54, 1.807) is 0 Å². The van der Waals surface area contributed by atoms with E-state index in [4.69, 9.17) is 9.72 Å². The number of para-hydroxylation sites is 3. The van der Waals surface area contributed by atoms with Gasteiger partial charge >= 0.3 is 0 Å². The van der Waals surface area contributed by atoms with Crippen LogP contribution in [0.5, 0.6) is 5.75 Å². The molecule has 4 aromatic rings. The van der Waals surface area contributed by atoms with Gasteiger partial charge in [-0.3, -0.25) is 9.59 Å². The first-order valence-electron chi connectivity index (χ1n) is 12.8. The van der Waals surface area contributed by atoms with Crippen LogP contribution in [0.15, 0.2) is 84.9 Å². The van der Waals surface area contributed by atoms with Crippen molar-refractivity contribution in [2.75, 3.05) is 19.7 Å². The Bertz CT molecular complexity index is 1350. The number of benzene rings is 3. The third kappa shape index (κ3) is 5.66. The van der Waals surface area contributed by atoms with Crippen LogP contribution < -0.4 is 10.1 Å². The Morgan fingerprint density at radius 1 is 0.946 bits per heavy atom. The molecule has 190 valence electrons. The van der Waals surface area contributed by atoms with E-state index in [-0.39, 0.29) is 23.8 Å². The molecule has 7 heteroatoms. The summed E-state index contributed by atoms with van der Waals surface area (Å²) in [6.45, 7) is 1.50. The molecule has 2 amide bonds. The van der Waals surface area contributed by atoms with Gasteiger partial charge in [-0.1, -0.05) is 60.7 Å². The summed E-state index contributed by atoms with van der Waals surface area (Å²) in [5.74, 6) is 1.48. The standard InChI is InChI=1S/C30H32N4O3/c1-33-26-15-9-8-14-25(26)31-29(33)28(22-10-4-2-5-11-22)32-30(36)23-16-19-34(20-17-23)27(35)18-21-37-24-12-6-3-7-13-24/h2-15,23,28H,16-21H2,1H3,(H,32,36). The Morgan fingerprint density at radius 2 is 1.59 bits per heavy atom.